The molecule has 2 aromatic rings. The van der Waals surface area contributed by atoms with E-state index >= 15 is 0 Å². The molecule has 0 aromatic carbocycles. The molecular weight excluding hydrogens is 326 g/mol. The number of rotatable bonds is 5. The van der Waals surface area contributed by atoms with Gasteiger partial charge in [-0.3, -0.25) is 4.79 Å². The molecule has 1 saturated heterocycles. The largest absolute Gasteiger partial charge is 0.472 e. The molecule has 1 amide bonds. The van der Waals surface area contributed by atoms with Crippen molar-refractivity contribution >= 4 is 17.2 Å². The van der Waals surface area contributed by atoms with Gasteiger partial charge >= 0.3 is 0 Å². The number of ether oxygens (including phenoxy) is 2. The second kappa shape index (κ2) is 7.72. The molecule has 1 aliphatic heterocycles. The van der Waals surface area contributed by atoms with Crippen molar-refractivity contribution in [2.45, 2.75) is 38.3 Å². The van der Waals surface area contributed by atoms with Crippen molar-refractivity contribution in [1.82, 2.24) is 15.3 Å². The van der Waals surface area contributed by atoms with Crippen LogP contribution in [-0.4, -0.2) is 41.2 Å². The van der Waals surface area contributed by atoms with Crippen molar-refractivity contribution in [2.24, 2.45) is 0 Å². The predicted octanol–water partition coefficient (Wildman–Crippen LogP) is 2.63. The van der Waals surface area contributed by atoms with E-state index in [2.05, 4.69) is 29.1 Å². The number of carbonyl (C=O) groups is 1. The number of nitrogens with zero attached hydrogens (tertiary/aromatic N) is 2. The molecule has 7 heteroatoms. The highest BCUT2D eigenvalue weighted by molar-refractivity contribution is 7.09. The predicted molar refractivity (Wildman–Crippen MR) is 91.5 cm³/mol. The number of amides is 1. The topological polar surface area (TPSA) is 73.3 Å². The number of pyridine rings is 1. The second-order valence-corrected chi connectivity index (χ2v) is 6.88. The monoisotopic (exact) mass is 347 g/mol. The van der Waals surface area contributed by atoms with E-state index in [1.807, 2.05) is 18.2 Å². The zero-order valence-corrected chi connectivity index (χ0v) is 14.6. The van der Waals surface area contributed by atoms with Gasteiger partial charge in [0.2, 0.25) is 5.88 Å². The Labute approximate surface area is 145 Å². The first-order chi connectivity index (χ1) is 11.6. The highest BCUT2D eigenvalue weighted by Crippen LogP contribution is 2.20. The quantitative estimate of drug-likeness (QED) is 0.900. The Kier molecular flexibility index (Phi) is 5.42. The average Bonchev–Trinajstić information content (AvgIpc) is 3.08. The lowest BCUT2D eigenvalue weighted by atomic mass is 10.1. The number of thiazole rings is 1. The summed E-state index contributed by atoms with van der Waals surface area (Å²) in [6.45, 7) is 5.15. The fraction of sp³-hybridized carbons (Fsp3) is 0.471. The van der Waals surface area contributed by atoms with E-state index < -0.39 is 0 Å². The third-order valence-electron chi connectivity index (χ3n) is 3.77. The van der Waals surface area contributed by atoms with E-state index in [1.54, 1.807) is 11.6 Å². The molecule has 1 N–H and O–H groups in total. The van der Waals surface area contributed by atoms with Gasteiger partial charge < -0.3 is 14.8 Å². The van der Waals surface area contributed by atoms with Gasteiger partial charge in [0.25, 0.3) is 5.91 Å². The first-order valence-corrected chi connectivity index (χ1v) is 8.93. The molecule has 1 fully saturated rings. The fourth-order valence-corrected chi connectivity index (χ4v) is 3.28. The highest BCUT2D eigenvalue weighted by atomic mass is 32.1. The van der Waals surface area contributed by atoms with Crippen LogP contribution in [0.3, 0.4) is 0 Å². The van der Waals surface area contributed by atoms with Crippen LogP contribution in [0.25, 0.3) is 0 Å². The first-order valence-electron chi connectivity index (χ1n) is 8.05. The molecule has 3 rings (SSSR count). The number of aromatic nitrogens is 2. The van der Waals surface area contributed by atoms with Gasteiger partial charge in [0.1, 0.15) is 11.8 Å². The minimum atomic E-state index is -0.225. The summed E-state index contributed by atoms with van der Waals surface area (Å²) in [4.78, 5) is 21.0. The lowest BCUT2D eigenvalue weighted by molar-refractivity contribution is -0.00454. The Morgan fingerprint density at radius 3 is 3.04 bits per heavy atom. The van der Waals surface area contributed by atoms with E-state index in [1.165, 1.54) is 11.3 Å². The van der Waals surface area contributed by atoms with Gasteiger partial charge in [-0.25, -0.2) is 9.97 Å². The molecule has 0 bridgehead atoms. The molecule has 2 atom stereocenters. The summed E-state index contributed by atoms with van der Waals surface area (Å²) in [7, 11) is 0. The molecule has 6 nitrogen and oxygen atoms in total. The van der Waals surface area contributed by atoms with Crippen LogP contribution < -0.4 is 10.1 Å². The van der Waals surface area contributed by atoms with Gasteiger partial charge in [0, 0.05) is 30.0 Å². The van der Waals surface area contributed by atoms with Crippen molar-refractivity contribution in [1.29, 1.82) is 0 Å². The Hall–Kier alpha value is -1.99. The van der Waals surface area contributed by atoms with E-state index in [9.17, 15) is 4.79 Å². The van der Waals surface area contributed by atoms with Gasteiger partial charge in [0.05, 0.1) is 24.3 Å². The Morgan fingerprint density at radius 2 is 2.33 bits per heavy atom. The Bertz CT molecular complexity index is 675. The highest BCUT2D eigenvalue weighted by Gasteiger charge is 2.30. The maximum Gasteiger partial charge on any atom is 0.271 e. The van der Waals surface area contributed by atoms with E-state index in [0.29, 0.717) is 37.1 Å². The smallest absolute Gasteiger partial charge is 0.271 e. The molecule has 0 aliphatic carbocycles. The van der Waals surface area contributed by atoms with Gasteiger partial charge in [-0.2, -0.15) is 0 Å². The minimum Gasteiger partial charge on any atom is -0.472 e. The number of carbonyl (C=O) groups excluding carboxylic acids is 1. The SMILES string of the molecule is CC(C)c1nc(C(=O)N[C@@H]2COCC[C@H]2Oc2ccccn2)cs1. The third-order valence-corrected chi connectivity index (χ3v) is 4.91. The molecule has 128 valence electrons. The van der Waals surface area contributed by atoms with E-state index in [0.717, 1.165) is 5.01 Å². The van der Waals surface area contributed by atoms with Crippen LogP contribution in [0.15, 0.2) is 29.8 Å². The van der Waals surface area contributed by atoms with Crippen LogP contribution in [-0.2, 0) is 4.74 Å². The van der Waals surface area contributed by atoms with Crippen LogP contribution in [0, 0.1) is 0 Å². The zero-order chi connectivity index (χ0) is 16.9. The summed E-state index contributed by atoms with van der Waals surface area (Å²) >= 11 is 1.51. The van der Waals surface area contributed by atoms with Crippen molar-refractivity contribution < 1.29 is 14.3 Å². The van der Waals surface area contributed by atoms with Crippen molar-refractivity contribution in [3.63, 3.8) is 0 Å². The minimum absolute atomic E-state index is 0.166. The summed E-state index contributed by atoms with van der Waals surface area (Å²) < 4.78 is 11.4. The summed E-state index contributed by atoms with van der Waals surface area (Å²) in [5.41, 5.74) is 0.450. The Balaban J connectivity index is 1.65. The maximum absolute atomic E-state index is 12.5. The first kappa shape index (κ1) is 16.9. The van der Waals surface area contributed by atoms with Crippen LogP contribution in [0.1, 0.15) is 41.7 Å². The van der Waals surface area contributed by atoms with E-state index in [4.69, 9.17) is 9.47 Å². The summed E-state index contributed by atoms with van der Waals surface area (Å²) in [5.74, 6) is 0.678. The number of hydrogen-bond donors (Lipinski definition) is 1. The maximum atomic E-state index is 12.5. The molecule has 0 spiro atoms. The summed E-state index contributed by atoms with van der Waals surface area (Å²) in [6, 6.07) is 5.30. The van der Waals surface area contributed by atoms with Gasteiger partial charge in [-0.1, -0.05) is 19.9 Å². The zero-order valence-electron chi connectivity index (χ0n) is 13.8. The molecule has 3 heterocycles. The number of nitrogens with one attached hydrogen (secondary N) is 1. The lowest BCUT2D eigenvalue weighted by Crippen LogP contribution is -2.52. The van der Waals surface area contributed by atoms with Gasteiger partial charge in [0.15, 0.2) is 0 Å². The standard InChI is InChI=1S/C17H21N3O3S/c1-11(2)17-20-13(10-24-17)16(21)19-12-9-22-8-6-14(12)23-15-5-3-4-7-18-15/h3-5,7,10-12,14H,6,8-9H2,1-2H3,(H,19,21)/t12-,14-/m1/s1. The van der Waals surface area contributed by atoms with Crippen molar-refractivity contribution in [3.8, 4) is 5.88 Å². The lowest BCUT2D eigenvalue weighted by Gasteiger charge is -2.31. The van der Waals surface area contributed by atoms with Crippen LogP contribution in [0.2, 0.25) is 0 Å². The summed E-state index contributed by atoms with van der Waals surface area (Å²) in [5, 5.41) is 5.74. The Morgan fingerprint density at radius 1 is 1.46 bits per heavy atom. The van der Waals surface area contributed by atoms with Crippen LogP contribution in [0.5, 0.6) is 5.88 Å². The molecule has 0 saturated carbocycles. The third kappa shape index (κ3) is 4.10. The molecule has 0 radical (unpaired) electrons. The van der Waals surface area contributed by atoms with E-state index in [-0.39, 0.29) is 18.1 Å². The molecule has 1 aliphatic rings. The fourth-order valence-electron chi connectivity index (χ4n) is 2.47. The second-order valence-electron chi connectivity index (χ2n) is 5.99. The number of hydrogen-bond acceptors (Lipinski definition) is 6. The van der Waals surface area contributed by atoms with Gasteiger partial charge in [-0.15, -0.1) is 11.3 Å². The van der Waals surface area contributed by atoms with Crippen molar-refractivity contribution in [3.05, 3.63) is 40.5 Å². The molecule has 24 heavy (non-hydrogen) atoms. The molecular formula is C17H21N3O3S. The molecule has 0 unspecified atom stereocenters. The van der Waals surface area contributed by atoms with Gasteiger partial charge in [-0.05, 0) is 6.07 Å². The summed E-state index contributed by atoms with van der Waals surface area (Å²) in [6.07, 6.45) is 2.22. The molecule has 2 aromatic heterocycles. The van der Waals surface area contributed by atoms with Crippen LogP contribution in [0.4, 0.5) is 0 Å². The van der Waals surface area contributed by atoms with Crippen LogP contribution >= 0.6 is 11.3 Å². The average molecular weight is 347 g/mol. The normalized spacial score (nSPS) is 20.8. The van der Waals surface area contributed by atoms with Crippen molar-refractivity contribution in [2.75, 3.05) is 13.2 Å².